The summed E-state index contributed by atoms with van der Waals surface area (Å²) in [5.74, 6) is 1.37. The number of amides is 1. The maximum Gasteiger partial charge on any atom is 0.273 e. The zero-order chi connectivity index (χ0) is 18.4. The monoisotopic (exact) mass is 384 g/mol. The number of carbonyl (C=O) groups excluding carboxylic acids is 1. The summed E-state index contributed by atoms with van der Waals surface area (Å²) in [6.45, 7) is 4.33. The van der Waals surface area contributed by atoms with Crippen LogP contribution < -0.4 is 4.74 Å². The van der Waals surface area contributed by atoms with Crippen LogP contribution in [0.2, 0.25) is 0 Å². The summed E-state index contributed by atoms with van der Waals surface area (Å²) in [6, 6.07) is 6.45. The number of carbonyl (C=O) groups is 1. The van der Waals surface area contributed by atoms with Crippen LogP contribution in [0.15, 0.2) is 29.1 Å². The van der Waals surface area contributed by atoms with Crippen LogP contribution in [0.1, 0.15) is 53.4 Å². The topological polar surface area (TPSA) is 51.7 Å². The van der Waals surface area contributed by atoms with E-state index in [9.17, 15) is 4.79 Å². The van der Waals surface area contributed by atoms with Gasteiger partial charge in [-0.2, -0.15) is 0 Å². The Bertz CT molecular complexity index is 843. The number of piperidine rings is 1. The third-order valence-electron chi connectivity index (χ3n) is 6.34. The molecule has 0 bridgehead atoms. The third kappa shape index (κ3) is 2.86. The van der Waals surface area contributed by atoms with Gasteiger partial charge in [-0.1, -0.05) is 12.1 Å². The van der Waals surface area contributed by atoms with E-state index in [0.717, 1.165) is 38.0 Å². The summed E-state index contributed by atoms with van der Waals surface area (Å²) in [5.41, 5.74) is 4.43. The van der Waals surface area contributed by atoms with Crippen LogP contribution >= 0.6 is 11.3 Å². The highest BCUT2D eigenvalue weighted by molar-refractivity contribution is 7.07. The minimum atomic E-state index is -0.231. The first-order valence-corrected chi connectivity index (χ1v) is 10.7. The molecule has 4 heterocycles. The first kappa shape index (κ1) is 17.2. The van der Waals surface area contributed by atoms with Gasteiger partial charge in [0.2, 0.25) is 0 Å². The van der Waals surface area contributed by atoms with Gasteiger partial charge in [-0.05, 0) is 31.4 Å². The van der Waals surface area contributed by atoms with E-state index in [0.29, 0.717) is 24.7 Å². The lowest BCUT2D eigenvalue weighted by Crippen LogP contribution is -2.57. The average Bonchev–Trinajstić information content (AvgIpc) is 3.23. The van der Waals surface area contributed by atoms with Crippen LogP contribution in [0.25, 0.3) is 0 Å². The molecule has 1 spiro atoms. The van der Waals surface area contributed by atoms with Crippen molar-refractivity contribution in [1.29, 1.82) is 0 Å². The zero-order valence-electron chi connectivity index (χ0n) is 15.5. The standard InChI is InChI=1S/C21H24N2O3S/c1-14-4-5-15-18(11-14)26-21(16-3-2-10-25-19(15)16)6-8-23(9-7-21)20(24)17-12-27-13-22-17/h4-5,11-13,16,19H,2-3,6-10H2,1H3/t16-,19+/m0/s1. The van der Waals surface area contributed by atoms with Gasteiger partial charge in [0.1, 0.15) is 17.0 Å². The number of thiazole rings is 1. The second kappa shape index (κ2) is 6.60. The highest BCUT2D eigenvalue weighted by Gasteiger charge is 2.52. The van der Waals surface area contributed by atoms with Gasteiger partial charge in [-0.25, -0.2) is 4.98 Å². The van der Waals surface area contributed by atoms with Gasteiger partial charge in [0.05, 0.1) is 11.6 Å². The smallest absolute Gasteiger partial charge is 0.273 e. The number of aromatic nitrogens is 1. The molecule has 0 saturated carbocycles. The molecular formula is C21H24N2O3S. The molecule has 142 valence electrons. The molecule has 27 heavy (non-hydrogen) atoms. The Kier molecular flexibility index (Phi) is 4.20. The number of rotatable bonds is 1. The molecule has 0 radical (unpaired) electrons. The predicted octanol–water partition coefficient (Wildman–Crippen LogP) is 3.99. The number of likely N-dealkylation sites (tertiary alicyclic amines) is 1. The van der Waals surface area contributed by atoms with Crippen molar-refractivity contribution in [2.75, 3.05) is 19.7 Å². The second-order valence-electron chi connectivity index (χ2n) is 7.91. The van der Waals surface area contributed by atoms with E-state index in [2.05, 4.69) is 30.1 Å². The van der Waals surface area contributed by atoms with Crippen molar-refractivity contribution in [3.05, 3.63) is 45.9 Å². The lowest BCUT2D eigenvalue weighted by molar-refractivity contribution is -0.147. The van der Waals surface area contributed by atoms with Crippen LogP contribution in [-0.2, 0) is 4.74 Å². The van der Waals surface area contributed by atoms with Gasteiger partial charge in [-0.3, -0.25) is 4.79 Å². The minimum absolute atomic E-state index is 0.0367. The Morgan fingerprint density at radius 3 is 2.96 bits per heavy atom. The van der Waals surface area contributed by atoms with Crippen LogP contribution in [0.5, 0.6) is 5.75 Å². The minimum Gasteiger partial charge on any atom is -0.486 e. The van der Waals surface area contributed by atoms with E-state index in [4.69, 9.17) is 9.47 Å². The molecule has 6 heteroatoms. The van der Waals surface area contributed by atoms with Crippen LogP contribution in [0.3, 0.4) is 0 Å². The van der Waals surface area contributed by atoms with E-state index in [1.807, 2.05) is 10.3 Å². The average molecular weight is 385 g/mol. The van der Waals surface area contributed by atoms with Gasteiger partial charge in [0.25, 0.3) is 5.91 Å². The van der Waals surface area contributed by atoms with Gasteiger partial charge in [-0.15, -0.1) is 11.3 Å². The number of nitrogens with zero attached hydrogens (tertiary/aromatic N) is 2. The van der Waals surface area contributed by atoms with E-state index in [1.54, 1.807) is 5.51 Å². The van der Waals surface area contributed by atoms with Gasteiger partial charge < -0.3 is 14.4 Å². The molecule has 3 aliphatic rings. The maximum atomic E-state index is 12.7. The summed E-state index contributed by atoms with van der Waals surface area (Å²) >= 11 is 1.46. The molecule has 1 aromatic heterocycles. The SMILES string of the molecule is Cc1ccc2c(c1)OC1(CCN(C(=O)c3cscn3)CC1)[C@H]1CCCO[C@H]21. The number of benzene rings is 1. The van der Waals surface area contributed by atoms with Crippen molar-refractivity contribution >= 4 is 17.2 Å². The second-order valence-corrected chi connectivity index (χ2v) is 8.63. The normalized spacial score (nSPS) is 26.2. The molecule has 2 saturated heterocycles. The Morgan fingerprint density at radius 2 is 2.19 bits per heavy atom. The van der Waals surface area contributed by atoms with Crippen molar-refractivity contribution in [3.8, 4) is 5.75 Å². The molecule has 2 atom stereocenters. The van der Waals surface area contributed by atoms with Crippen molar-refractivity contribution in [3.63, 3.8) is 0 Å². The Labute approximate surface area is 163 Å². The van der Waals surface area contributed by atoms with Crippen LogP contribution in [0, 0.1) is 12.8 Å². The number of fused-ring (bicyclic) bond motifs is 4. The van der Waals surface area contributed by atoms with Crippen molar-refractivity contribution in [1.82, 2.24) is 9.88 Å². The molecule has 1 amide bonds. The van der Waals surface area contributed by atoms with Crippen molar-refractivity contribution in [2.45, 2.75) is 44.3 Å². The summed E-state index contributed by atoms with van der Waals surface area (Å²) in [5, 5.41) is 1.83. The molecule has 3 aliphatic heterocycles. The highest BCUT2D eigenvalue weighted by atomic mass is 32.1. The molecule has 1 aromatic carbocycles. The third-order valence-corrected chi connectivity index (χ3v) is 6.92. The quantitative estimate of drug-likeness (QED) is 0.746. The van der Waals surface area contributed by atoms with Gasteiger partial charge in [0.15, 0.2) is 0 Å². The lowest BCUT2D eigenvalue weighted by Gasteiger charge is -2.53. The molecular weight excluding hydrogens is 360 g/mol. The number of ether oxygens (including phenoxy) is 2. The first-order chi connectivity index (χ1) is 13.2. The summed E-state index contributed by atoms with van der Waals surface area (Å²) in [6.07, 6.45) is 4.01. The maximum absolute atomic E-state index is 12.7. The van der Waals surface area contributed by atoms with E-state index < -0.39 is 0 Å². The fraction of sp³-hybridized carbons (Fsp3) is 0.524. The van der Waals surface area contributed by atoms with E-state index >= 15 is 0 Å². The fourth-order valence-corrected chi connectivity index (χ4v) is 5.45. The zero-order valence-corrected chi connectivity index (χ0v) is 16.3. The largest absolute Gasteiger partial charge is 0.486 e. The molecule has 5 rings (SSSR count). The summed E-state index contributed by atoms with van der Waals surface area (Å²) in [4.78, 5) is 18.8. The predicted molar refractivity (Wildman–Crippen MR) is 103 cm³/mol. The Balaban J connectivity index is 1.42. The first-order valence-electron chi connectivity index (χ1n) is 9.75. The summed E-state index contributed by atoms with van der Waals surface area (Å²) in [7, 11) is 0. The summed E-state index contributed by atoms with van der Waals surface area (Å²) < 4.78 is 12.9. The Morgan fingerprint density at radius 1 is 1.33 bits per heavy atom. The number of hydrogen-bond donors (Lipinski definition) is 0. The number of aryl methyl sites for hydroxylation is 1. The molecule has 2 fully saturated rings. The Hall–Kier alpha value is -1.92. The van der Waals surface area contributed by atoms with E-state index in [-0.39, 0.29) is 17.6 Å². The molecule has 0 N–H and O–H groups in total. The van der Waals surface area contributed by atoms with Crippen molar-refractivity contribution < 1.29 is 14.3 Å². The van der Waals surface area contributed by atoms with E-state index in [1.165, 1.54) is 22.5 Å². The molecule has 0 unspecified atom stereocenters. The number of hydrogen-bond acceptors (Lipinski definition) is 5. The molecule has 0 aliphatic carbocycles. The van der Waals surface area contributed by atoms with Crippen molar-refractivity contribution in [2.24, 2.45) is 5.92 Å². The van der Waals surface area contributed by atoms with Gasteiger partial charge in [0, 0.05) is 49.4 Å². The van der Waals surface area contributed by atoms with Crippen LogP contribution in [-0.4, -0.2) is 41.1 Å². The van der Waals surface area contributed by atoms with Gasteiger partial charge >= 0.3 is 0 Å². The fourth-order valence-electron chi connectivity index (χ4n) is 4.93. The molecule has 2 aromatic rings. The highest BCUT2D eigenvalue weighted by Crippen LogP contribution is 2.53. The molecule has 5 nitrogen and oxygen atoms in total. The van der Waals surface area contributed by atoms with Crippen LogP contribution in [0.4, 0.5) is 0 Å². The lowest BCUT2D eigenvalue weighted by atomic mass is 9.70.